The van der Waals surface area contributed by atoms with E-state index in [1.54, 1.807) is 7.11 Å². The minimum Gasteiger partial charge on any atom is -0.380 e. The van der Waals surface area contributed by atoms with E-state index in [9.17, 15) is 0 Å². The quantitative estimate of drug-likeness (QED) is 0.731. The smallest absolute Gasteiger partial charge is 0.0829 e. The molecule has 0 aromatic heterocycles. The highest BCUT2D eigenvalue weighted by Crippen LogP contribution is 2.16. The fourth-order valence-corrected chi connectivity index (χ4v) is 3.98. The molecule has 0 bridgehead atoms. The Hall–Kier alpha value is -1.24. The molecule has 0 N–H and O–H groups in total. The SMILES string of the molecule is COCc1ccccc1C=C(C)CN1CCOC(CN2CCN(C)CC2)C1. The number of ether oxygens (including phenoxy) is 2. The van der Waals surface area contributed by atoms with Gasteiger partial charge in [0, 0.05) is 59.5 Å². The van der Waals surface area contributed by atoms with Crippen molar-refractivity contribution in [1.29, 1.82) is 0 Å². The van der Waals surface area contributed by atoms with Crippen molar-refractivity contribution in [2.45, 2.75) is 19.6 Å². The van der Waals surface area contributed by atoms with Crippen LogP contribution in [0.1, 0.15) is 18.1 Å². The lowest BCUT2D eigenvalue weighted by molar-refractivity contribution is -0.0448. The van der Waals surface area contributed by atoms with E-state index in [0.29, 0.717) is 12.7 Å². The van der Waals surface area contributed by atoms with Gasteiger partial charge in [-0.2, -0.15) is 0 Å². The topological polar surface area (TPSA) is 28.2 Å². The molecule has 0 spiro atoms. The molecule has 5 heteroatoms. The molecule has 0 aliphatic carbocycles. The van der Waals surface area contributed by atoms with Gasteiger partial charge in [0.15, 0.2) is 0 Å². The van der Waals surface area contributed by atoms with Crippen LogP contribution in [0.25, 0.3) is 6.08 Å². The van der Waals surface area contributed by atoms with E-state index in [0.717, 1.165) is 45.9 Å². The second kappa shape index (κ2) is 10.3. The standard InChI is InChI=1S/C22H35N3O2/c1-19(14-20-6-4-5-7-21(20)18-26-3)15-25-12-13-27-22(17-25)16-24-10-8-23(2)9-11-24/h4-7,14,22H,8-13,15-18H2,1-3H3. The van der Waals surface area contributed by atoms with Crippen molar-refractivity contribution in [2.24, 2.45) is 0 Å². The molecule has 0 radical (unpaired) electrons. The Morgan fingerprint density at radius 3 is 2.70 bits per heavy atom. The third-order valence-electron chi connectivity index (χ3n) is 5.51. The van der Waals surface area contributed by atoms with Crippen LogP contribution < -0.4 is 0 Å². The molecule has 1 aromatic carbocycles. The summed E-state index contributed by atoms with van der Waals surface area (Å²) >= 11 is 0. The lowest BCUT2D eigenvalue weighted by Gasteiger charge is -2.38. The van der Waals surface area contributed by atoms with Gasteiger partial charge in [0.2, 0.25) is 0 Å². The Labute approximate surface area is 164 Å². The van der Waals surface area contributed by atoms with Crippen molar-refractivity contribution in [3.63, 3.8) is 0 Å². The van der Waals surface area contributed by atoms with Crippen molar-refractivity contribution in [3.8, 4) is 0 Å². The molecule has 2 aliphatic rings. The van der Waals surface area contributed by atoms with Gasteiger partial charge in [0.05, 0.1) is 19.3 Å². The zero-order valence-corrected chi connectivity index (χ0v) is 17.2. The van der Waals surface area contributed by atoms with Gasteiger partial charge >= 0.3 is 0 Å². The maximum Gasteiger partial charge on any atom is 0.0829 e. The van der Waals surface area contributed by atoms with Crippen LogP contribution in [0.4, 0.5) is 0 Å². The van der Waals surface area contributed by atoms with Gasteiger partial charge in [0.25, 0.3) is 0 Å². The Balaban J connectivity index is 1.52. The molecular weight excluding hydrogens is 338 g/mol. The number of methoxy groups -OCH3 is 1. The van der Waals surface area contributed by atoms with Gasteiger partial charge in [-0.1, -0.05) is 35.9 Å². The second-order valence-electron chi connectivity index (χ2n) is 7.95. The van der Waals surface area contributed by atoms with E-state index >= 15 is 0 Å². The third kappa shape index (κ3) is 6.40. The van der Waals surface area contributed by atoms with Crippen molar-refractivity contribution in [2.75, 3.05) is 73.1 Å². The van der Waals surface area contributed by atoms with Gasteiger partial charge in [-0.15, -0.1) is 0 Å². The van der Waals surface area contributed by atoms with Gasteiger partial charge in [-0.05, 0) is 25.1 Å². The fraction of sp³-hybridized carbons (Fsp3) is 0.636. The van der Waals surface area contributed by atoms with E-state index in [4.69, 9.17) is 9.47 Å². The molecule has 2 heterocycles. The minimum absolute atomic E-state index is 0.329. The highest BCUT2D eigenvalue weighted by molar-refractivity contribution is 5.56. The molecule has 0 amide bonds. The van der Waals surface area contributed by atoms with Gasteiger partial charge in [-0.3, -0.25) is 9.80 Å². The minimum atomic E-state index is 0.329. The average Bonchev–Trinajstić information content (AvgIpc) is 2.66. The molecule has 1 atom stereocenters. The number of rotatable bonds is 7. The van der Waals surface area contributed by atoms with Crippen LogP contribution >= 0.6 is 0 Å². The van der Waals surface area contributed by atoms with E-state index in [1.165, 1.54) is 29.8 Å². The number of hydrogen-bond acceptors (Lipinski definition) is 5. The summed E-state index contributed by atoms with van der Waals surface area (Å²) in [7, 11) is 3.96. The number of nitrogens with zero attached hydrogens (tertiary/aromatic N) is 3. The van der Waals surface area contributed by atoms with Crippen molar-refractivity contribution in [1.82, 2.24) is 14.7 Å². The maximum absolute atomic E-state index is 6.06. The summed E-state index contributed by atoms with van der Waals surface area (Å²) < 4.78 is 11.4. The molecular formula is C22H35N3O2. The molecule has 2 saturated heterocycles. The highest BCUT2D eigenvalue weighted by atomic mass is 16.5. The average molecular weight is 374 g/mol. The predicted molar refractivity (Wildman–Crippen MR) is 111 cm³/mol. The van der Waals surface area contributed by atoms with Crippen LogP contribution in [0.15, 0.2) is 29.8 Å². The first-order valence-electron chi connectivity index (χ1n) is 10.1. The number of likely N-dealkylation sites (N-methyl/N-ethyl adjacent to an activating group) is 1. The monoisotopic (exact) mass is 373 g/mol. The number of piperazine rings is 1. The predicted octanol–water partition coefficient (Wildman–Crippen LogP) is 2.18. The summed E-state index contributed by atoms with van der Waals surface area (Å²) in [4.78, 5) is 7.49. The molecule has 1 unspecified atom stereocenters. The van der Waals surface area contributed by atoms with Gasteiger partial charge in [-0.25, -0.2) is 0 Å². The van der Waals surface area contributed by atoms with Crippen LogP contribution in [0.3, 0.4) is 0 Å². The fourth-order valence-electron chi connectivity index (χ4n) is 3.98. The van der Waals surface area contributed by atoms with Crippen LogP contribution in [0, 0.1) is 0 Å². The molecule has 2 aliphatic heterocycles. The Bertz CT molecular complexity index is 611. The lowest BCUT2D eigenvalue weighted by atomic mass is 10.1. The summed E-state index contributed by atoms with van der Waals surface area (Å²) in [6.45, 7) is 12.5. The van der Waals surface area contributed by atoms with Gasteiger partial charge in [0.1, 0.15) is 0 Å². The Kier molecular flexibility index (Phi) is 7.85. The molecule has 27 heavy (non-hydrogen) atoms. The second-order valence-corrected chi connectivity index (χ2v) is 7.95. The van der Waals surface area contributed by atoms with E-state index in [-0.39, 0.29) is 0 Å². The summed E-state index contributed by atoms with van der Waals surface area (Å²) in [6.07, 6.45) is 2.63. The highest BCUT2D eigenvalue weighted by Gasteiger charge is 2.24. The molecule has 1 aromatic rings. The Morgan fingerprint density at radius 1 is 1.15 bits per heavy atom. The van der Waals surface area contributed by atoms with Gasteiger partial charge < -0.3 is 14.4 Å². The lowest BCUT2D eigenvalue weighted by Crippen LogP contribution is -2.52. The molecule has 150 valence electrons. The summed E-state index contributed by atoms with van der Waals surface area (Å²) in [5, 5.41) is 0. The zero-order chi connectivity index (χ0) is 19.1. The zero-order valence-electron chi connectivity index (χ0n) is 17.2. The summed E-state index contributed by atoms with van der Waals surface area (Å²) in [5.41, 5.74) is 3.90. The van der Waals surface area contributed by atoms with Crippen LogP contribution in [0.5, 0.6) is 0 Å². The van der Waals surface area contributed by atoms with Crippen LogP contribution in [0.2, 0.25) is 0 Å². The molecule has 3 rings (SSSR count). The van der Waals surface area contributed by atoms with E-state index in [1.807, 2.05) is 0 Å². The first kappa shape index (κ1) is 20.5. The van der Waals surface area contributed by atoms with Crippen molar-refractivity contribution < 1.29 is 9.47 Å². The molecule has 5 nitrogen and oxygen atoms in total. The Morgan fingerprint density at radius 2 is 1.93 bits per heavy atom. The van der Waals surface area contributed by atoms with Crippen LogP contribution in [-0.4, -0.2) is 93.9 Å². The summed E-state index contributed by atoms with van der Waals surface area (Å²) in [6, 6.07) is 8.49. The van der Waals surface area contributed by atoms with E-state index < -0.39 is 0 Å². The molecule has 2 fully saturated rings. The maximum atomic E-state index is 6.06. The number of benzene rings is 1. The number of morpholine rings is 1. The normalized spacial score (nSPS) is 23.7. The van der Waals surface area contributed by atoms with E-state index in [2.05, 4.69) is 59.0 Å². The number of hydrogen-bond donors (Lipinski definition) is 0. The largest absolute Gasteiger partial charge is 0.380 e. The van der Waals surface area contributed by atoms with Crippen LogP contribution in [-0.2, 0) is 16.1 Å². The first-order valence-corrected chi connectivity index (χ1v) is 10.1. The first-order chi connectivity index (χ1) is 13.1. The van der Waals surface area contributed by atoms with Crippen molar-refractivity contribution in [3.05, 3.63) is 41.0 Å². The van der Waals surface area contributed by atoms with Crippen molar-refractivity contribution >= 4 is 6.08 Å². The molecule has 0 saturated carbocycles. The third-order valence-corrected chi connectivity index (χ3v) is 5.51. The summed E-state index contributed by atoms with van der Waals surface area (Å²) in [5.74, 6) is 0.